The van der Waals surface area contributed by atoms with Crippen LogP contribution in [0.1, 0.15) is 56.6 Å². The summed E-state index contributed by atoms with van der Waals surface area (Å²) in [5.74, 6) is 1.55. The zero-order valence-electron chi connectivity index (χ0n) is 19.2. The van der Waals surface area contributed by atoms with E-state index in [2.05, 4.69) is 51.9 Å². The Morgan fingerprint density at radius 2 is 1.87 bits per heavy atom. The van der Waals surface area contributed by atoms with Gasteiger partial charge in [0.15, 0.2) is 0 Å². The topological polar surface area (TPSA) is 82.2 Å². The number of nitrogens with one attached hydrogen (secondary N) is 3. The van der Waals surface area contributed by atoms with Crippen molar-refractivity contribution < 1.29 is 4.79 Å². The molecular weight excluding hydrogens is 388 g/mol. The molecule has 0 radical (unpaired) electrons. The summed E-state index contributed by atoms with van der Waals surface area (Å²) in [5, 5.41) is 9.59. The molecule has 2 aromatic rings. The van der Waals surface area contributed by atoms with Crippen molar-refractivity contribution in [2.45, 2.75) is 70.9 Å². The number of hydrogen-bond acceptors (Lipinski definition) is 5. The second-order valence-electron chi connectivity index (χ2n) is 8.68. The molecule has 1 aromatic heterocycles. The summed E-state index contributed by atoms with van der Waals surface area (Å²) < 4.78 is 0. The maximum absolute atomic E-state index is 12.5. The normalized spacial score (nSPS) is 18.3. The maximum atomic E-state index is 12.5. The van der Waals surface area contributed by atoms with E-state index in [0.29, 0.717) is 12.0 Å². The van der Waals surface area contributed by atoms with Crippen LogP contribution < -0.4 is 20.9 Å². The molecule has 31 heavy (non-hydrogen) atoms. The van der Waals surface area contributed by atoms with Gasteiger partial charge in [-0.05, 0) is 68.7 Å². The molecule has 1 heterocycles. The molecule has 0 saturated heterocycles. The number of anilines is 3. The van der Waals surface area contributed by atoms with Crippen LogP contribution in [0.4, 0.5) is 22.2 Å². The summed E-state index contributed by atoms with van der Waals surface area (Å²) >= 11 is 0. The highest BCUT2D eigenvalue weighted by Crippen LogP contribution is 2.22. The van der Waals surface area contributed by atoms with Gasteiger partial charge in [0.1, 0.15) is 5.82 Å². The van der Waals surface area contributed by atoms with Gasteiger partial charge < -0.3 is 20.9 Å². The molecule has 2 amide bonds. The number of aryl methyl sites for hydroxylation is 2. The maximum Gasteiger partial charge on any atom is 0.319 e. The Hall–Kier alpha value is -2.83. The first kappa shape index (κ1) is 22.8. The zero-order valence-corrected chi connectivity index (χ0v) is 19.2. The highest BCUT2D eigenvalue weighted by Gasteiger charge is 2.23. The van der Waals surface area contributed by atoms with Crippen LogP contribution in [0.3, 0.4) is 0 Å². The van der Waals surface area contributed by atoms with Gasteiger partial charge in [0.2, 0.25) is 5.95 Å². The largest absolute Gasteiger partial charge is 0.363 e. The third-order valence-corrected chi connectivity index (χ3v) is 5.85. The Bertz CT molecular complexity index is 861. The van der Waals surface area contributed by atoms with Crippen LogP contribution in [-0.2, 0) is 6.42 Å². The third kappa shape index (κ3) is 6.84. The lowest BCUT2D eigenvalue weighted by atomic mass is 9.91. The molecule has 1 saturated carbocycles. The predicted molar refractivity (Wildman–Crippen MR) is 128 cm³/mol. The molecule has 3 N–H and O–H groups in total. The van der Waals surface area contributed by atoms with Crippen molar-refractivity contribution in [1.29, 1.82) is 0 Å². The minimum Gasteiger partial charge on any atom is -0.363 e. The van der Waals surface area contributed by atoms with E-state index in [1.165, 1.54) is 18.4 Å². The summed E-state index contributed by atoms with van der Waals surface area (Å²) in [6, 6.07) is 8.60. The number of nitrogens with zero attached hydrogens (tertiary/aromatic N) is 3. The van der Waals surface area contributed by atoms with Crippen molar-refractivity contribution in [3.8, 4) is 0 Å². The van der Waals surface area contributed by atoms with Crippen LogP contribution in [0.25, 0.3) is 0 Å². The fourth-order valence-corrected chi connectivity index (χ4v) is 3.98. The van der Waals surface area contributed by atoms with Crippen molar-refractivity contribution in [3.63, 3.8) is 0 Å². The number of benzene rings is 1. The second-order valence-corrected chi connectivity index (χ2v) is 8.68. The van der Waals surface area contributed by atoms with Gasteiger partial charge in [-0.3, -0.25) is 0 Å². The molecule has 7 heteroatoms. The number of rotatable bonds is 8. The number of carbonyl (C=O) groups excluding carboxylic acids is 1. The van der Waals surface area contributed by atoms with Crippen molar-refractivity contribution in [2.75, 3.05) is 29.6 Å². The van der Waals surface area contributed by atoms with Gasteiger partial charge in [-0.1, -0.05) is 25.5 Å². The van der Waals surface area contributed by atoms with Crippen LogP contribution in [0, 0.1) is 6.92 Å². The number of amides is 2. The fraction of sp³-hybridized carbons (Fsp3) is 0.542. The first-order valence-corrected chi connectivity index (χ1v) is 11.4. The predicted octanol–water partition coefficient (Wildman–Crippen LogP) is 4.74. The standard InChI is InChI=1S/C24H36N6O/c1-5-6-7-18-8-13-21(17(2)16-18)28-24(31)27-20-11-9-19(10-12-20)26-23-25-15-14-22(29-23)30(3)4/h8,13-16,19-20H,5-7,9-12H2,1-4H3,(H,25,26,29)(H2,27,28,31). The lowest BCUT2D eigenvalue weighted by Crippen LogP contribution is -2.42. The van der Waals surface area contributed by atoms with Crippen molar-refractivity contribution in [1.82, 2.24) is 15.3 Å². The Kier molecular flexibility index (Phi) is 8.09. The third-order valence-electron chi connectivity index (χ3n) is 5.85. The van der Waals surface area contributed by atoms with Gasteiger partial charge in [0.25, 0.3) is 0 Å². The van der Waals surface area contributed by atoms with Crippen molar-refractivity contribution in [3.05, 3.63) is 41.6 Å². The van der Waals surface area contributed by atoms with E-state index in [-0.39, 0.29) is 12.1 Å². The first-order chi connectivity index (χ1) is 14.9. The lowest BCUT2D eigenvalue weighted by Gasteiger charge is -2.30. The highest BCUT2D eigenvalue weighted by molar-refractivity contribution is 5.90. The van der Waals surface area contributed by atoms with E-state index in [1.54, 1.807) is 6.20 Å². The molecule has 1 fully saturated rings. The smallest absolute Gasteiger partial charge is 0.319 e. The van der Waals surface area contributed by atoms with Gasteiger partial charge in [0.05, 0.1) is 0 Å². The van der Waals surface area contributed by atoms with Gasteiger partial charge in [-0.25, -0.2) is 9.78 Å². The molecule has 168 valence electrons. The molecule has 1 aliphatic carbocycles. The van der Waals surface area contributed by atoms with Crippen LogP contribution in [-0.4, -0.2) is 42.2 Å². The number of carbonyl (C=O) groups is 1. The number of hydrogen-bond donors (Lipinski definition) is 3. The molecule has 0 unspecified atom stereocenters. The SMILES string of the molecule is CCCCc1ccc(NC(=O)NC2CCC(Nc3nccc(N(C)C)n3)CC2)c(C)c1. The minimum absolute atomic E-state index is 0.122. The Morgan fingerprint density at radius 1 is 1.13 bits per heavy atom. The van der Waals surface area contributed by atoms with E-state index in [0.717, 1.165) is 49.2 Å². The average molecular weight is 425 g/mol. The van der Waals surface area contributed by atoms with E-state index in [1.807, 2.05) is 31.1 Å². The monoisotopic (exact) mass is 424 g/mol. The fourth-order valence-electron chi connectivity index (χ4n) is 3.98. The molecule has 7 nitrogen and oxygen atoms in total. The number of urea groups is 1. The molecular formula is C24H36N6O. The Balaban J connectivity index is 1.44. The molecule has 0 bridgehead atoms. The highest BCUT2D eigenvalue weighted by atomic mass is 16.2. The minimum atomic E-state index is -0.122. The van der Waals surface area contributed by atoms with Crippen LogP contribution in [0.5, 0.6) is 0 Å². The summed E-state index contributed by atoms with van der Waals surface area (Å²) in [7, 11) is 3.94. The quantitative estimate of drug-likeness (QED) is 0.570. The second kappa shape index (κ2) is 11.0. The molecule has 1 aliphatic rings. The molecule has 1 aromatic carbocycles. The van der Waals surface area contributed by atoms with E-state index in [9.17, 15) is 4.79 Å². The average Bonchev–Trinajstić information content (AvgIpc) is 2.75. The Labute approximate surface area is 186 Å². The van der Waals surface area contributed by atoms with Crippen molar-refractivity contribution >= 4 is 23.5 Å². The van der Waals surface area contributed by atoms with Crippen LogP contribution in [0.15, 0.2) is 30.5 Å². The summed E-state index contributed by atoms with van der Waals surface area (Å²) in [6.07, 6.45) is 9.08. The zero-order chi connectivity index (χ0) is 22.2. The van der Waals surface area contributed by atoms with Crippen LogP contribution >= 0.6 is 0 Å². The molecule has 0 aliphatic heterocycles. The molecule has 3 rings (SSSR count). The van der Waals surface area contributed by atoms with Gasteiger partial charge >= 0.3 is 6.03 Å². The number of unbranched alkanes of at least 4 members (excludes halogenated alkanes) is 1. The summed E-state index contributed by atoms with van der Waals surface area (Å²) in [5.41, 5.74) is 3.32. The summed E-state index contributed by atoms with van der Waals surface area (Å²) in [6.45, 7) is 4.25. The molecule has 0 spiro atoms. The van der Waals surface area contributed by atoms with Gasteiger partial charge in [-0.2, -0.15) is 4.98 Å². The molecule has 0 atom stereocenters. The number of aromatic nitrogens is 2. The van der Waals surface area contributed by atoms with E-state index in [4.69, 9.17) is 0 Å². The van der Waals surface area contributed by atoms with E-state index >= 15 is 0 Å². The summed E-state index contributed by atoms with van der Waals surface area (Å²) in [4.78, 5) is 23.3. The van der Waals surface area contributed by atoms with Crippen LogP contribution in [0.2, 0.25) is 0 Å². The van der Waals surface area contributed by atoms with Gasteiger partial charge in [0, 0.05) is 38.1 Å². The van der Waals surface area contributed by atoms with Crippen molar-refractivity contribution in [2.24, 2.45) is 0 Å². The first-order valence-electron chi connectivity index (χ1n) is 11.4. The van der Waals surface area contributed by atoms with Gasteiger partial charge in [-0.15, -0.1) is 0 Å². The lowest BCUT2D eigenvalue weighted by molar-refractivity contribution is 0.243. The Morgan fingerprint density at radius 3 is 2.55 bits per heavy atom. The van der Waals surface area contributed by atoms with E-state index < -0.39 is 0 Å².